The first-order valence-corrected chi connectivity index (χ1v) is 5.22. The summed E-state index contributed by atoms with van der Waals surface area (Å²) in [5, 5.41) is 7.83. The number of rotatable bonds is 1. The summed E-state index contributed by atoms with van der Waals surface area (Å²) in [6.07, 6.45) is 0. The monoisotopic (exact) mass is 288 g/mol. The van der Waals surface area contributed by atoms with Gasteiger partial charge in [-0.25, -0.2) is 4.79 Å². The molecule has 6 heteroatoms. The number of nitrogens with zero attached hydrogens (tertiary/aromatic N) is 1. The lowest BCUT2D eigenvalue weighted by atomic mass is 10.1. The van der Waals surface area contributed by atoms with Crippen molar-refractivity contribution in [2.24, 2.45) is 0 Å². The molecule has 1 heterocycles. The number of carbonyl (C=O) groups excluding carboxylic acids is 1. The molecule has 0 spiro atoms. The Morgan fingerprint density at radius 2 is 2.33 bits per heavy atom. The Bertz CT molecular complexity index is 538. The van der Waals surface area contributed by atoms with E-state index in [1.807, 2.05) is 0 Å². The molecule has 4 nitrogen and oxygen atoms in total. The van der Waals surface area contributed by atoms with Gasteiger partial charge in [0.1, 0.15) is 4.60 Å². The van der Waals surface area contributed by atoms with Crippen molar-refractivity contribution in [1.29, 1.82) is 0 Å². The summed E-state index contributed by atoms with van der Waals surface area (Å²) in [7, 11) is 1.32. The molecule has 1 aromatic heterocycles. The standard InChI is InChI=1S/C9H6BrClN2O2/c1-15-9(14)5-2-4(11)3-6-7(5)8(10)13-12-6/h2-3H,1H3,(H,12,13). The highest BCUT2D eigenvalue weighted by Gasteiger charge is 2.16. The highest BCUT2D eigenvalue weighted by Crippen LogP contribution is 2.28. The molecule has 78 valence electrons. The second-order valence-corrected chi connectivity index (χ2v) is 4.11. The quantitative estimate of drug-likeness (QED) is 0.821. The fourth-order valence-electron chi connectivity index (χ4n) is 1.35. The zero-order valence-electron chi connectivity index (χ0n) is 7.67. The Morgan fingerprint density at radius 3 is 3.00 bits per heavy atom. The molecule has 0 aliphatic heterocycles. The number of carbonyl (C=O) groups is 1. The third kappa shape index (κ3) is 1.72. The highest BCUT2D eigenvalue weighted by molar-refractivity contribution is 9.10. The smallest absolute Gasteiger partial charge is 0.338 e. The maximum absolute atomic E-state index is 11.5. The van der Waals surface area contributed by atoms with E-state index in [1.165, 1.54) is 7.11 Å². The number of benzene rings is 1. The van der Waals surface area contributed by atoms with Crippen LogP contribution in [0.5, 0.6) is 0 Å². The summed E-state index contributed by atoms with van der Waals surface area (Å²) in [5.74, 6) is -0.440. The van der Waals surface area contributed by atoms with Gasteiger partial charge in [0.05, 0.1) is 18.2 Å². The van der Waals surface area contributed by atoms with E-state index >= 15 is 0 Å². The zero-order chi connectivity index (χ0) is 11.0. The van der Waals surface area contributed by atoms with Crippen molar-refractivity contribution < 1.29 is 9.53 Å². The van der Waals surface area contributed by atoms with Gasteiger partial charge in [-0.3, -0.25) is 5.10 Å². The Balaban J connectivity index is 2.80. The van der Waals surface area contributed by atoms with E-state index in [9.17, 15) is 4.79 Å². The van der Waals surface area contributed by atoms with E-state index in [-0.39, 0.29) is 0 Å². The number of aromatic amines is 1. The molecule has 0 bridgehead atoms. The third-order valence-electron chi connectivity index (χ3n) is 1.98. The Hall–Kier alpha value is -1.07. The average molecular weight is 290 g/mol. The van der Waals surface area contributed by atoms with Crippen molar-refractivity contribution in [3.63, 3.8) is 0 Å². The van der Waals surface area contributed by atoms with Crippen LogP contribution in [0.25, 0.3) is 10.9 Å². The second kappa shape index (κ2) is 3.83. The van der Waals surface area contributed by atoms with Gasteiger partial charge in [0.15, 0.2) is 0 Å². The van der Waals surface area contributed by atoms with E-state index in [1.54, 1.807) is 12.1 Å². The predicted octanol–water partition coefficient (Wildman–Crippen LogP) is 2.77. The van der Waals surface area contributed by atoms with Gasteiger partial charge >= 0.3 is 5.97 Å². The molecule has 0 saturated carbocycles. The molecule has 0 fully saturated rings. The van der Waals surface area contributed by atoms with E-state index in [0.29, 0.717) is 26.1 Å². The van der Waals surface area contributed by atoms with Crippen LogP contribution in [0.3, 0.4) is 0 Å². The first-order chi connectivity index (χ1) is 7.13. The van der Waals surface area contributed by atoms with Crippen molar-refractivity contribution in [2.75, 3.05) is 7.11 Å². The molecular formula is C9H6BrClN2O2. The molecule has 0 radical (unpaired) electrons. The van der Waals surface area contributed by atoms with Crippen molar-refractivity contribution in [3.8, 4) is 0 Å². The number of aromatic nitrogens is 2. The van der Waals surface area contributed by atoms with Gasteiger partial charge in [-0.2, -0.15) is 5.10 Å². The van der Waals surface area contributed by atoms with Crippen LogP contribution in [0.1, 0.15) is 10.4 Å². The van der Waals surface area contributed by atoms with Crippen molar-refractivity contribution in [3.05, 3.63) is 27.3 Å². The van der Waals surface area contributed by atoms with E-state index in [0.717, 1.165) is 0 Å². The lowest BCUT2D eigenvalue weighted by Crippen LogP contribution is -2.01. The number of ether oxygens (including phenoxy) is 1. The molecule has 0 aliphatic carbocycles. The lowest BCUT2D eigenvalue weighted by Gasteiger charge is -2.01. The number of hydrogen-bond acceptors (Lipinski definition) is 3. The SMILES string of the molecule is COC(=O)c1cc(Cl)cc2n[nH]c(Br)c12. The molecule has 2 rings (SSSR count). The van der Waals surface area contributed by atoms with Crippen molar-refractivity contribution in [1.82, 2.24) is 10.2 Å². The van der Waals surface area contributed by atoms with Crippen LogP contribution in [-0.2, 0) is 4.74 Å². The van der Waals surface area contributed by atoms with E-state index in [2.05, 4.69) is 30.9 Å². The van der Waals surface area contributed by atoms with Crippen LogP contribution in [0.4, 0.5) is 0 Å². The number of fused-ring (bicyclic) bond motifs is 1. The van der Waals surface area contributed by atoms with Gasteiger partial charge in [0.25, 0.3) is 0 Å². The van der Waals surface area contributed by atoms with Gasteiger partial charge in [-0.15, -0.1) is 0 Å². The maximum Gasteiger partial charge on any atom is 0.338 e. The Morgan fingerprint density at radius 1 is 1.60 bits per heavy atom. The van der Waals surface area contributed by atoms with Crippen LogP contribution in [0, 0.1) is 0 Å². The van der Waals surface area contributed by atoms with Crippen LogP contribution in [-0.4, -0.2) is 23.3 Å². The Labute approximate surface area is 98.7 Å². The normalized spacial score (nSPS) is 10.6. The average Bonchev–Trinajstić information content (AvgIpc) is 2.58. The van der Waals surface area contributed by atoms with Gasteiger partial charge in [-0.05, 0) is 28.1 Å². The molecule has 15 heavy (non-hydrogen) atoms. The van der Waals surface area contributed by atoms with Crippen LogP contribution >= 0.6 is 27.5 Å². The van der Waals surface area contributed by atoms with Gasteiger partial charge in [0.2, 0.25) is 0 Å². The molecule has 0 saturated heterocycles. The van der Waals surface area contributed by atoms with Gasteiger partial charge < -0.3 is 4.74 Å². The largest absolute Gasteiger partial charge is 0.465 e. The topological polar surface area (TPSA) is 55.0 Å². The second-order valence-electron chi connectivity index (χ2n) is 2.88. The fourth-order valence-corrected chi connectivity index (χ4v) is 2.07. The minimum Gasteiger partial charge on any atom is -0.465 e. The molecule has 0 atom stereocenters. The van der Waals surface area contributed by atoms with E-state index < -0.39 is 5.97 Å². The van der Waals surface area contributed by atoms with Crippen LogP contribution in [0.2, 0.25) is 5.02 Å². The van der Waals surface area contributed by atoms with Crippen molar-refractivity contribution in [2.45, 2.75) is 0 Å². The predicted molar refractivity (Wildman–Crippen MR) is 60.1 cm³/mol. The molecule has 0 aliphatic rings. The fraction of sp³-hybridized carbons (Fsp3) is 0.111. The molecule has 1 N–H and O–H groups in total. The zero-order valence-corrected chi connectivity index (χ0v) is 10.0. The minimum atomic E-state index is -0.440. The molecule has 0 unspecified atom stereocenters. The first kappa shape index (κ1) is 10.4. The number of H-pyrrole nitrogens is 1. The third-order valence-corrected chi connectivity index (χ3v) is 2.77. The number of nitrogens with one attached hydrogen (secondary N) is 1. The first-order valence-electron chi connectivity index (χ1n) is 4.05. The van der Waals surface area contributed by atoms with Crippen LogP contribution < -0.4 is 0 Å². The Kier molecular flexibility index (Phi) is 2.67. The lowest BCUT2D eigenvalue weighted by molar-refractivity contribution is 0.0603. The molecular weight excluding hydrogens is 283 g/mol. The minimum absolute atomic E-state index is 0.389. The number of esters is 1. The number of halogens is 2. The summed E-state index contributed by atoms with van der Waals surface area (Å²) < 4.78 is 5.30. The van der Waals surface area contributed by atoms with E-state index in [4.69, 9.17) is 11.6 Å². The van der Waals surface area contributed by atoms with Crippen molar-refractivity contribution >= 4 is 44.4 Å². The summed E-state index contributed by atoms with van der Waals surface area (Å²) in [5.41, 5.74) is 1.01. The maximum atomic E-state index is 11.5. The molecule has 2 aromatic rings. The summed E-state index contributed by atoms with van der Waals surface area (Å²) in [4.78, 5) is 11.5. The summed E-state index contributed by atoms with van der Waals surface area (Å²) in [6, 6.07) is 3.22. The molecule has 0 amide bonds. The number of methoxy groups -OCH3 is 1. The van der Waals surface area contributed by atoms with Gasteiger partial charge in [0, 0.05) is 10.4 Å². The van der Waals surface area contributed by atoms with Gasteiger partial charge in [-0.1, -0.05) is 11.6 Å². The summed E-state index contributed by atoms with van der Waals surface area (Å²) in [6.45, 7) is 0. The summed E-state index contributed by atoms with van der Waals surface area (Å²) >= 11 is 9.13. The highest BCUT2D eigenvalue weighted by atomic mass is 79.9. The number of hydrogen-bond donors (Lipinski definition) is 1. The molecule has 1 aromatic carbocycles. The van der Waals surface area contributed by atoms with Crippen LogP contribution in [0.15, 0.2) is 16.7 Å².